The molecule has 1 rings (SSSR count). The fourth-order valence-corrected chi connectivity index (χ4v) is 1.02. The second kappa shape index (κ2) is 4.79. The molecule has 6 heteroatoms. The number of phenols is 1. The minimum Gasteiger partial charge on any atom is -0.506 e. The first kappa shape index (κ1) is 11.5. The summed E-state index contributed by atoms with van der Waals surface area (Å²) in [5.74, 6) is 1.35. The van der Waals surface area contributed by atoms with Crippen molar-refractivity contribution in [3.63, 3.8) is 0 Å². The summed E-state index contributed by atoms with van der Waals surface area (Å²) in [6, 6.07) is 3.32. The van der Waals surface area contributed by atoms with E-state index in [1.165, 1.54) is 0 Å². The number of aromatic hydroxyl groups is 1. The van der Waals surface area contributed by atoms with Crippen LogP contribution in [-0.2, 0) is 4.79 Å². The molecule has 0 heterocycles. The van der Waals surface area contributed by atoms with Crippen LogP contribution in [0.1, 0.15) is 6.42 Å². The number of nitrogens with zero attached hydrogens (tertiary/aromatic N) is 1. The highest BCUT2D eigenvalue weighted by Gasteiger charge is 2.11. The van der Waals surface area contributed by atoms with E-state index < -0.39 is 10.8 Å². The van der Waals surface area contributed by atoms with E-state index in [1.54, 1.807) is 0 Å². The van der Waals surface area contributed by atoms with Gasteiger partial charge in [-0.05, 0) is 6.07 Å². The number of amides is 1. The summed E-state index contributed by atoms with van der Waals surface area (Å²) in [6.07, 6.45) is 4.75. The molecule has 6 nitrogen and oxygen atoms in total. The molecular weight excluding hydrogens is 212 g/mol. The molecule has 0 saturated heterocycles. The Bertz CT molecular complexity index is 476. The highest BCUT2D eigenvalue weighted by Crippen LogP contribution is 2.27. The average Bonchev–Trinajstić information content (AvgIpc) is 2.21. The molecule has 0 saturated carbocycles. The Kier molecular flexibility index (Phi) is 3.45. The Labute approximate surface area is 91.0 Å². The predicted octanol–water partition coefficient (Wildman–Crippen LogP) is 1.26. The van der Waals surface area contributed by atoms with Crippen LogP contribution < -0.4 is 5.32 Å². The smallest absolute Gasteiger partial charge is 0.271 e. The summed E-state index contributed by atoms with van der Waals surface area (Å²) in [5, 5.41) is 22.1. The van der Waals surface area contributed by atoms with Crippen LogP contribution in [0.4, 0.5) is 11.4 Å². The van der Waals surface area contributed by atoms with Crippen molar-refractivity contribution >= 4 is 17.3 Å². The molecule has 0 aliphatic carbocycles. The molecule has 16 heavy (non-hydrogen) atoms. The number of benzene rings is 1. The lowest BCUT2D eigenvalue weighted by Crippen LogP contribution is -2.10. The number of carbonyl (C=O) groups excluding carboxylic acids is 1. The first-order valence-corrected chi connectivity index (χ1v) is 4.25. The lowest BCUT2D eigenvalue weighted by atomic mass is 10.2. The Hall–Kier alpha value is -2.55. The first-order chi connectivity index (χ1) is 7.54. The van der Waals surface area contributed by atoms with Crippen molar-refractivity contribution in [2.75, 3.05) is 5.32 Å². The van der Waals surface area contributed by atoms with Crippen LogP contribution in [0, 0.1) is 22.5 Å². The number of carbonyl (C=O) groups is 1. The van der Waals surface area contributed by atoms with Crippen molar-refractivity contribution in [1.82, 2.24) is 0 Å². The fraction of sp³-hybridized carbons (Fsp3) is 0.100. The van der Waals surface area contributed by atoms with Gasteiger partial charge in [0.15, 0.2) is 0 Å². The van der Waals surface area contributed by atoms with E-state index in [0.717, 1.165) is 18.2 Å². The van der Waals surface area contributed by atoms with Gasteiger partial charge in [-0.1, -0.05) is 5.92 Å². The molecule has 1 amide bonds. The molecular formula is C10H8N2O4. The summed E-state index contributed by atoms with van der Waals surface area (Å²) in [6.45, 7) is 0. The summed E-state index contributed by atoms with van der Waals surface area (Å²) < 4.78 is 0. The number of nitro groups is 1. The van der Waals surface area contributed by atoms with E-state index in [4.69, 9.17) is 6.42 Å². The van der Waals surface area contributed by atoms with Crippen molar-refractivity contribution in [3.8, 4) is 18.1 Å². The van der Waals surface area contributed by atoms with E-state index in [1.807, 2.05) is 0 Å². The van der Waals surface area contributed by atoms with Crippen LogP contribution >= 0.6 is 0 Å². The van der Waals surface area contributed by atoms with E-state index in [9.17, 15) is 20.0 Å². The third kappa shape index (κ3) is 2.72. The van der Waals surface area contributed by atoms with E-state index in [2.05, 4.69) is 11.2 Å². The zero-order valence-electron chi connectivity index (χ0n) is 8.14. The number of terminal acetylenes is 1. The van der Waals surface area contributed by atoms with Gasteiger partial charge in [-0.15, -0.1) is 6.42 Å². The SMILES string of the molecule is C#CCC(=O)Nc1cc([N+](=O)[O-])ccc1O. The second-order valence-corrected chi connectivity index (χ2v) is 2.89. The molecule has 1 aromatic rings. The van der Waals surface area contributed by atoms with Gasteiger partial charge in [0.2, 0.25) is 5.91 Å². The number of hydrogen-bond acceptors (Lipinski definition) is 4. The standard InChI is InChI=1S/C10H8N2O4/c1-2-3-10(14)11-8-6-7(12(15)16)4-5-9(8)13/h1,4-6,13H,3H2,(H,11,14). The van der Waals surface area contributed by atoms with Gasteiger partial charge in [-0.3, -0.25) is 14.9 Å². The molecule has 0 radical (unpaired) electrons. The average molecular weight is 220 g/mol. The van der Waals surface area contributed by atoms with Crippen molar-refractivity contribution < 1.29 is 14.8 Å². The Morgan fingerprint density at radius 3 is 2.88 bits per heavy atom. The molecule has 0 unspecified atom stereocenters. The van der Waals surface area contributed by atoms with Crippen LogP contribution in [0.15, 0.2) is 18.2 Å². The van der Waals surface area contributed by atoms with Gasteiger partial charge in [-0.25, -0.2) is 0 Å². The highest BCUT2D eigenvalue weighted by molar-refractivity contribution is 5.93. The molecule has 0 bridgehead atoms. The fourth-order valence-electron chi connectivity index (χ4n) is 1.02. The number of rotatable bonds is 3. The zero-order chi connectivity index (χ0) is 12.1. The number of phenolic OH excluding ortho intramolecular Hbond substituents is 1. The Morgan fingerprint density at radius 1 is 1.62 bits per heavy atom. The number of hydrogen-bond donors (Lipinski definition) is 2. The van der Waals surface area contributed by atoms with Crippen LogP contribution in [0.2, 0.25) is 0 Å². The molecule has 2 N–H and O–H groups in total. The van der Waals surface area contributed by atoms with Gasteiger partial charge in [0.1, 0.15) is 5.75 Å². The summed E-state index contributed by atoms with van der Waals surface area (Å²) in [4.78, 5) is 20.9. The number of nitrogens with one attached hydrogen (secondary N) is 1. The third-order valence-corrected chi connectivity index (χ3v) is 1.73. The number of anilines is 1. The lowest BCUT2D eigenvalue weighted by molar-refractivity contribution is -0.384. The molecule has 0 fully saturated rings. The Morgan fingerprint density at radius 2 is 2.31 bits per heavy atom. The van der Waals surface area contributed by atoms with Crippen LogP contribution in [0.25, 0.3) is 0 Å². The highest BCUT2D eigenvalue weighted by atomic mass is 16.6. The minimum absolute atomic E-state index is 0.0329. The van der Waals surface area contributed by atoms with Crippen molar-refractivity contribution in [1.29, 1.82) is 0 Å². The van der Waals surface area contributed by atoms with Crippen LogP contribution in [-0.4, -0.2) is 15.9 Å². The molecule has 0 aromatic heterocycles. The zero-order valence-corrected chi connectivity index (χ0v) is 8.14. The van der Waals surface area contributed by atoms with Crippen molar-refractivity contribution in [2.24, 2.45) is 0 Å². The van der Waals surface area contributed by atoms with Gasteiger partial charge in [0.05, 0.1) is 17.0 Å². The molecule has 0 spiro atoms. The topological polar surface area (TPSA) is 92.5 Å². The van der Waals surface area contributed by atoms with Crippen molar-refractivity contribution in [2.45, 2.75) is 6.42 Å². The van der Waals surface area contributed by atoms with Crippen LogP contribution in [0.3, 0.4) is 0 Å². The monoisotopic (exact) mass is 220 g/mol. The summed E-state index contributed by atoms with van der Waals surface area (Å²) >= 11 is 0. The van der Waals surface area contributed by atoms with Gasteiger partial charge in [0, 0.05) is 12.1 Å². The molecule has 0 aliphatic rings. The summed E-state index contributed by atoms with van der Waals surface area (Å²) in [5.41, 5.74) is -0.261. The lowest BCUT2D eigenvalue weighted by Gasteiger charge is -2.05. The van der Waals surface area contributed by atoms with Gasteiger partial charge in [-0.2, -0.15) is 0 Å². The van der Waals surface area contributed by atoms with E-state index in [0.29, 0.717) is 0 Å². The third-order valence-electron chi connectivity index (χ3n) is 1.73. The minimum atomic E-state index is -0.629. The molecule has 82 valence electrons. The maximum atomic E-state index is 11.1. The maximum Gasteiger partial charge on any atom is 0.271 e. The van der Waals surface area contributed by atoms with Gasteiger partial charge < -0.3 is 10.4 Å². The maximum absolute atomic E-state index is 11.1. The largest absolute Gasteiger partial charge is 0.506 e. The predicted molar refractivity (Wildman–Crippen MR) is 56.8 cm³/mol. The first-order valence-electron chi connectivity index (χ1n) is 4.25. The Balaban J connectivity index is 2.95. The second-order valence-electron chi connectivity index (χ2n) is 2.89. The normalized spacial score (nSPS) is 9.19. The molecule has 1 aromatic carbocycles. The van der Waals surface area contributed by atoms with Gasteiger partial charge in [0.25, 0.3) is 5.69 Å². The number of non-ortho nitro benzene ring substituents is 1. The quantitative estimate of drug-likeness (QED) is 0.347. The summed E-state index contributed by atoms with van der Waals surface area (Å²) in [7, 11) is 0. The van der Waals surface area contributed by atoms with Crippen LogP contribution in [0.5, 0.6) is 5.75 Å². The van der Waals surface area contributed by atoms with E-state index >= 15 is 0 Å². The molecule has 0 atom stereocenters. The molecule has 0 aliphatic heterocycles. The van der Waals surface area contributed by atoms with E-state index in [-0.39, 0.29) is 23.5 Å². The van der Waals surface area contributed by atoms with Crippen molar-refractivity contribution in [3.05, 3.63) is 28.3 Å². The number of nitro benzene ring substituents is 1. The van der Waals surface area contributed by atoms with Gasteiger partial charge >= 0.3 is 0 Å².